The smallest absolute Gasteiger partial charge is 0.128 e. The molecule has 1 heterocycles. The Labute approximate surface area is 117 Å². The van der Waals surface area contributed by atoms with Gasteiger partial charge < -0.3 is 5.32 Å². The summed E-state index contributed by atoms with van der Waals surface area (Å²) < 4.78 is 29.3. The van der Waals surface area contributed by atoms with Crippen LogP contribution in [0.3, 0.4) is 0 Å². The van der Waals surface area contributed by atoms with Gasteiger partial charge in [-0.05, 0) is 37.2 Å². The van der Waals surface area contributed by atoms with Gasteiger partial charge in [-0.1, -0.05) is 13.8 Å². The van der Waals surface area contributed by atoms with Gasteiger partial charge in [0.1, 0.15) is 11.6 Å². The van der Waals surface area contributed by atoms with Gasteiger partial charge in [-0.3, -0.25) is 4.68 Å². The highest BCUT2D eigenvalue weighted by atomic mass is 19.1. The van der Waals surface area contributed by atoms with Crippen LogP contribution in [-0.2, 0) is 6.54 Å². The molecule has 3 nitrogen and oxygen atoms in total. The van der Waals surface area contributed by atoms with Crippen molar-refractivity contribution >= 4 is 0 Å². The lowest BCUT2D eigenvalue weighted by molar-refractivity contribution is 0.497. The van der Waals surface area contributed by atoms with Gasteiger partial charge in [0.05, 0.1) is 11.7 Å². The first kappa shape index (κ1) is 14.7. The van der Waals surface area contributed by atoms with Crippen molar-refractivity contribution in [2.24, 2.45) is 0 Å². The lowest BCUT2D eigenvalue weighted by Gasteiger charge is -2.20. The summed E-state index contributed by atoms with van der Waals surface area (Å²) in [6, 6.07) is 4.98. The van der Waals surface area contributed by atoms with Crippen molar-refractivity contribution in [1.29, 1.82) is 0 Å². The van der Waals surface area contributed by atoms with Crippen molar-refractivity contribution in [3.8, 4) is 0 Å². The standard InChI is InChI=1S/C15H19F2N3/c1-3-9-20-14(7-8-19-20)15(18-4-2)12-10-11(16)5-6-13(12)17/h5-8,10,15,18H,3-4,9H2,1-2H3. The second-order valence-electron chi connectivity index (χ2n) is 4.64. The Morgan fingerprint density at radius 1 is 1.25 bits per heavy atom. The summed E-state index contributed by atoms with van der Waals surface area (Å²) in [5.74, 6) is -0.854. The lowest BCUT2D eigenvalue weighted by Crippen LogP contribution is -2.26. The number of hydrogen-bond donors (Lipinski definition) is 1. The van der Waals surface area contributed by atoms with E-state index in [1.165, 1.54) is 6.07 Å². The van der Waals surface area contributed by atoms with Gasteiger partial charge >= 0.3 is 0 Å². The summed E-state index contributed by atoms with van der Waals surface area (Å²) >= 11 is 0. The Bertz CT molecular complexity index is 566. The third kappa shape index (κ3) is 3.04. The number of halogens is 2. The molecule has 0 saturated heterocycles. The molecule has 1 N–H and O–H groups in total. The number of hydrogen-bond acceptors (Lipinski definition) is 2. The fourth-order valence-corrected chi connectivity index (χ4v) is 2.30. The van der Waals surface area contributed by atoms with E-state index in [-0.39, 0.29) is 0 Å². The SMILES string of the molecule is CCCn1nccc1C(NCC)c1cc(F)ccc1F. The zero-order chi connectivity index (χ0) is 14.5. The number of nitrogens with one attached hydrogen (secondary N) is 1. The first-order valence-electron chi connectivity index (χ1n) is 6.87. The summed E-state index contributed by atoms with van der Waals surface area (Å²) in [5.41, 5.74) is 1.16. The average Bonchev–Trinajstić information content (AvgIpc) is 2.88. The summed E-state index contributed by atoms with van der Waals surface area (Å²) in [4.78, 5) is 0. The minimum atomic E-state index is -0.439. The maximum absolute atomic E-state index is 14.0. The fraction of sp³-hybridized carbons (Fsp3) is 0.400. The van der Waals surface area contributed by atoms with Gasteiger partial charge in [0.25, 0.3) is 0 Å². The molecule has 0 spiro atoms. The van der Waals surface area contributed by atoms with Gasteiger partial charge in [0.2, 0.25) is 0 Å². The van der Waals surface area contributed by atoms with Crippen molar-refractivity contribution in [3.05, 3.63) is 53.4 Å². The molecule has 0 fully saturated rings. The number of benzene rings is 1. The topological polar surface area (TPSA) is 29.9 Å². The van der Waals surface area contributed by atoms with Gasteiger partial charge in [0, 0.05) is 18.3 Å². The Balaban J connectivity index is 2.44. The molecule has 0 amide bonds. The van der Waals surface area contributed by atoms with Gasteiger partial charge in [0.15, 0.2) is 0 Å². The minimum Gasteiger partial charge on any atom is -0.305 e. The number of aryl methyl sites for hydroxylation is 1. The predicted octanol–water partition coefficient (Wildman–Crippen LogP) is 3.27. The van der Waals surface area contributed by atoms with E-state index in [1.54, 1.807) is 6.20 Å². The van der Waals surface area contributed by atoms with Crippen LogP contribution < -0.4 is 5.32 Å². The van der Waals surface area contributed by atoms with E-state index in [0.29, 0.717) is 12.1 Å². The molecule has 0 radical (unpaired) electrons. The summed E-state index contributed by atoms with van der Waals surface area (Å²) in [7, 11) is 0. The minimum absolute atomic E-state index is 0.310. The number of aromatic nitrogens is 2. The Hall–Kier alpha value is -1.75. The van der Waals surface area contributed by atoms with E-state index in [1.807, 2.05) is 17.7 Å². The van der Waals surface area contributed by atoms with E-state index >= 15 is 0 Å². The Morgan fingerprint density at radius 3 is 2.75 bits per heavy atom. The predicted molar refractivity (Wildman–Crippen MR) is 74.4 cm³/mol. The van der Waals surface area contributed by atoms with Crippen LogP contribution in [0, 0.1) is 11.6 Å². The first-order chi connectivity index (χ1) is 9.67. The van der Waals surface area contributed by atoms with Crippen LogP contribution in [0.2, 0.25) is 0 Å². The third-order valence-electron chi connectivity index (χ3n) is 3.16. The van der Waals surface area contributed by atoms with E-state index in [4.69, 9.17) is 0 Å². The monoisotopic (exact) mass is 279 g/mol. The zero-order valence-corrected chi connectivity index (χ0v) is 11.7. The molecule has 0 bridgehead atoms. The van der Waals surface area contributed by atoms with Crippen molar-refractivity contribution < 1.29 is 8.78 Å². The largest absolute Gasteiger partial charge is 0.305 e. The van der Waals surface area contributed by atoms with Gasteiger partial charge in [-0.25, -0.2) is 8.78 Å². The molecule has 1 aromatic heterocycles. The summed E-state index contributed by atoms with van der Waals surface area (Å²) in [6.45, 7) is 5.39. The zero-order valence-electron chi connectivity index (χ0n) is 11.7. The molecule has 0 aliphatic carbocycles. The second kappa shape index (κ2) is 6.61. The molecule has 0 aliphatic heterocycles. The molecule has 0 saturated carbocycles. The Morgan fingerprint density at radius 2 is 2.05 bits per heavy atom. The van der Waals surface area contributed by atoms with Crippen LogP contribution in [0.4, 0.5) is 8.78 Å². The summed E-state index contributed by atoms with van der Waals surface area (Å²) in [5, 5.41) is 7.45. The van der Waals surface area contributed by atoms with Crippen molar-refractivity contribution in [1.82, 2.24) is 15.1 Å². The summed E-state index contributed by atoms with van der Waals surface area (Å²) in [6.07, 6.45) is 2.62. The third-order valence-corrected chi connectivity index (χ3v) is 3.16. The van der Waals surface area contributed by atoms with E-state index in [0.717, 1.165) is 30.8 Å². The molecule has 2 rings (SSSR count). The first-order valence-corrected chi connectivity index (χ1v) is 6.87. The molecule has 2 aromatic rings. The maximum atomic E-state index is 14.0. The van der Waals surface area contributed by atoms with Crippen molar-refractivity contribution in [3.63, 3.8) is 0 Å². The molecule has 20 heavy (non-hydrogen) atoms. The average molecular weight is 279 g/mol. The maximum Gasteiger partial charge on any atom is 0.128 e. The highest BCUT2D eigenvalue weighted by molar-refractivity contribution is 5.29. The molecule has 0 aliphatic rings. The van der Waals surface area contributed by atoms with Crippen LogP contribution in [0.5, 0.6) is 0 Å². The molecule has 1 atom stereocenters. The van der Waals surface area contributed by atoms with E-state index in [2.05, 4.69) is 17.3 Å². The molecular formula is C15H19F2N3. The molecule has 108 valence electrons. The normalized spacial score (nSPS) is 12.6. The van der Waals surface area contributed by atoms with Crippen molar-refractivity contribution in [2.75, 3.05) is 6.54 Å². The van der Waals surface area contributed by atoms with Crippen LogP contribution in [0.25, 0.3) is 0 Å². The molecule has 5 heteroatoms. The lowest BCUT2D eigenvalue weighted by atomic mass is 10.0. The fourth-order valence-electron chi connectivity index (χ4n) is 2.30. The van der Waals surface area contributed by atoms with Crippen LogP contribution in [0.15, 0.2) is 30.5 Å². The number of rotatable bonds is 6. The highest BCUT2D eigenvalue weighted by Crippen LogP contribution is 2.25. The molecule has 1 unspecified atom stereocenters. The van der Waals surface area contributed by atoms with Crippen LogP contribution in [0.1, 0.15) is 37.6 Å². The van der Waals surface area contributed by atoms with Crippen molar-refractivity contribution in [2.45, 2.75) is 32.9 Å². The van der Waals surface area contributed by atoms with E-state index in [9.17, 15) is 8.78 Å². The van der Waals surface area contributed by atoms with Gasteiger partial charge in [-0.15, -0.1) is 0 Å². The molecule has 1 aromatic carbocycles. The second-order valence-corrected chi connectivity index (χ2v) is 4.64. The number of nitrogens with zero attached hydrogens (tertiary/aromatic N) is 2. The van der Waals surface area contributed by atoms with E-state index < -0.39 is 17.7 Å². The Kier molecular flexibility index (Phi) is 4.84. The van der Waals surface area contributed by atoms with Crippen LogP contribution in [-0.4, -0.2) is 16.3 Å². The highest BCUT2D eigenvalue weighted by Gasteiger charge is 2.21. The molecular weight excluding hydrogens is 260 g/mol. The quantitative estimate of drug-likeness (QED) is 0.879. The van der Waals surface area contributed by atoms with Gasteiger partial charge in [-0.2, -0.15) is 5.10 Å². The van der Waals surface area contributed by atoms with Crippen LogP contribution >= 0.6 is 0 Å².